The Morgan fingerprint density at radius 2 is 2.00 bits per heavy atom. The molecule has 2 N–H and O–H groups in total. The van der Waals surface area contributed by atoms with E-state index in [9.17, 15) is 9.90 Å². The molecule has 1 amide bonds. The van der Waals surface area contributed by atoms with Crippen molar-refractivity contribution in [2.24, 2.45) is 10.9 Å². The predicted molar refractivity (Wildman–Crippen MR) is 101 cm³/mol. The van der Waals surface area contributed by atoms with Gasteiger partial charge < -0.3 is 15.3 Å². The quantitative estimate of drug-likeness (QED) is 0.878. The Morgan fingerprint density at radius 1 is 1.23 bits per heavy atom. The second-order valence-corrected chi connectivity index (χ2v) is 7.36. The van der Waals surface area contributed by atoms with Gasteiger partial charge in [-0.15, -0.1) is 0 Å². The van der Waals surface area contributed by atoms with Crippen molar-refractivity contribution in [2.75, 3.05) is 6.54 Å². The van der Waals surface area contributed by atoms with Crippen molar-refractivity contribution in [2.45, 2.75) is 32.8 Å². The van der Waals surface area contributed by atoms with Crippen LogP contribution in [-0.2, 0) is 4.79 Å². The minimum absolute atomic E-state index is 0.0882. The van der Waals surface area contributed by atoms with Crippen LogP contribution in [0.2, 0.25) is 0 Å². The zero-order chi connectivity index (χ0) is 18.3. The number of amidine groups is 1. The maximum Gasteiger partial charge on any atom is 0.248 e. The standard InChI is InChI=1S/C21H23N3O2/c1-13(2)11-18(25)14-3-5-15(6-4-14)21-22-12-16-7-8-19(26)23-17-9-10-24(21)20(16)17/h3-8,12-13,18,25H,9-11H2,1-2H3,(H,23,26). The lowest BCUT2D eigenvalue weighted by atomic mass is 9.98. The summed E-state index contributed by atoms with van der Waals surface area (Å²) in [6.07, 6.45) is 6.30. The maximum absolute atomic E-state index is 11.8. The fourth-order valence-electron chi connectivity index (χ4n) is 3.69. The molecular weight excluding hydrogens is 326 g/mol. The molecule has 0 aliphatic carbocycles. The largest absolute Gasteiger partial charge is 0.388 e. The van der Waals surface area contributed by atoms with Crippen LogP contribution in [0.1, 0.15) is 43.9 Å². The number of carbonyl (C=O) groups is 1. The average molecular weight is 349 g/mol. The molecule has 1 aromatic carbocycles. The van der Waals surface area contributed by atoms with Gasteiger partial charge in [0.25, 0.3) is 0 Å². The van der Waals surface area contributed by atoms with E-state index in [4.69, 9.17) is 0 Å². The second-order valence-electron chi connectivity index (χ2n) is 7.36. The van der Waals surface area contributed by atoms with E-state index >= 15 is 0 Å². The van der Waals surface area contributed by atoms with Crippen LogP contribution in [0, 0.1) is 5.92 Å². The Kier molecular flexibility index (Phi) is 4.24. The molecule has 26 heavy (non-hydrogen) atoms. The van der Waals surface area contributed by atoms with Gasteiger partial charge in [-0.3, -0.25) is 4.79 Å². The van der Waals surface area contributed by atoms with Crippen molar-refractivity contribution in [3.8, 4) is 0 Å². The number of nitrogens with one attached hydrogen (secondary N) is 1. The first kappa shape index (κ1) is 16.8. The van der Waals surface area contributed by atoms with Gasteiger partial charge in [0, 0.05) is 42.1 Å². The number of carbonyl (C=O) groups excluding carboxylic acids is 1. The third-order valence-electron chi connectivity index (χ3n) is 4.93. The first-order chi connectivity index (χ1) is 12.5. The van der Waals surface area contributed by atoms with E-state index in [0.29, 0.717) is 5.92 Å². The van der Waals surface area contributed by atoms with Gasteiger partial charge in [-0.05, 0) is 24.0 Å². The van der Waals surface area contributed by atoms with E-state index in [-0.39, 0.29) is 5.91 Å². The smallest absolute Gasteiger partial charge is 0.248 e. The minimum Gasteiger partial charge on any atom is -0.388 e. The molecular formula is C21H23N3O2. The molecule has 4 rings (SSSR count). The Balaban J connectivity index is 1.63. The van der Waals surface area contributed by atoms with Crippen molar-refractivity contribution in [3.63, 3.8) is 0 Å². The average Bonchev–Trinajstić information content (AvgIpc) is 2.95. The summed E-state index contributed by atoms with van der Waals surface area (Å²) in [4.78, 5) is 18.6. The fourth-order valence-corrected chi connectivity index (χ4v) is 3.69. The Bertz CT molecular complexity index is 860. The molecule has 5 heteroatoms. The summed E-state index contributed by atoms with van der Waals surface area (Å²) in [6.45, 7) is 5.01. The minimum atomic E-state index is -0.438. The number of aliphatic imine (C=N–C) groups is 1. The van der Waals surface area contributed by atoms with Gasteiger partial charge in [0.2, 0.25) is 5.91 Å². The van der Waals surface area contributed by atoms with Gasteiger partial charge in [0.1, 0.15) is 5.84 Å². The molecule has 0 bridgehead atoms. The first-order valence-corrected chi connectivity index (χ1v) is 9.09. The molecule has 3 aliphatic heterocycles. The lowest BCUT2D eigenvalue weighted by Gasteiger charge is -2.27. The summed E-state index contributed by atoms with van der Waals surface area (Å²) in [5.41, 5.74) is 4.91. The summed E-state index contributed by atoms with van der Waals surface area (Å²) < 4.78 is 0. The molecule has 1 atom stereocenters. The van der Waals surface area contributed by atoms with Gasteiger partial charge in [0.15, 0.2) is 0 Å². The zero-order valence-corrected chi connectivity index (χ0v) is 15.1. The molecule has 1 unspecified atom stereocenters. The third-order valence-corrected chi connectivity index (χ3v) is 4.93. The molecule has 0 radical (unpaired) electrons. The Labute approximate surface area is 153 Å². The molecule has 0 spiro atoms. The van der Waals surface area contributed by atoms with E-state index in [1.807, 2.05) is 36.5 Å². The van der Waals surface area contributed by atoms with Crippen LogP contribution in [0.25, 0.3) is 0 Å². The lowest BCUT2D eigenvalue weighted by molar-refractivity contribution is -0.115. The van der Waals surface area contributed by atoms with Crippen molar-refractivity contribution in [1.82, 2.24) is 10.2 Å². The van der Waals surface area contributed by atoms with Crippen molar-refractivity contribution < 1.29 is 9.90 Å². The van der Waals surface area contributed by atoms with Gasteiger partial charge in [-0.25, -0.2) is 4.99 Å². The van der Waals surface area contributed by atoms with Crippen LogP contribution in [0.5, 0.6) is 0 Å². The van der Waals surface area contributed by atoms with Crippen LogP contribution in [0.15, 0.2) is 64.6 Å². The highest BCUT2D eigenvalue weighted by atomic mass is 16.3. The lowest BCUT2D eigenvalue weighted by Crippen LogP contribution is -2.31. The summed E-state index contributed by atoms with van der Waals surface area (Å²) >= 11 is 0. The summed E-state index contributed by atoms with van der Waals surface area (Å²) in [5, 5.41) is 13.3. The number of amides is 1. The summed E-state index contributed by atoms with van der Waals surface area (Å²) in [5.74, 6) is 1.24. The second kappa shape index (κ2) is 6.57. The topological polar surface area (TPSA) is 64.9 Å². The number of rotatable bonds is 4. The number of aliphatic hydroxyl groups excluding tert-OH is 1. The van der Waals surface area contributed by atoms with E-state index in [1.165, 1.54) is 0 Å². The number of hydrogen-bond acceptors (Lipinski definition) is 4. The Hall–Kier alpha value is -2.66. The number of benzene rings is 1. The van der Waals surface area contributed by atoms with Crippen molar-refractivity contribution in [1.29, 1.82) is 0 Å². The summed E-state index contributed by atoms with van der Waals surface area (Å²) in [7, 11) is 0. The zero-order valence-electron chi connectivity index (χ0n) is 15.1. The monoisotopic (exact) mass is 349 g/mol. The molecule has 0 aromatic heterocycles. The Morgan fingerprint density at radius 3 is 2.73 bits per heavy atom. The van der Waals surface area contributed by atoms with Crippen LogP contribution < -0.4 is 5.32 Å². The van der Waals surface area contributed by atoms with Crippen molar-refractivity contribution >= 4 is 11.7 Å². The van der Waals surface area contributed by atoms with Crippen LogP contribution in [-0.4, -0.2) is 28.3 Å². The number of allylic oxidation sites excluding steroid dienone is 1. The molecule has 134 valence electrons. The fraction of sp³-hybridized carbons (Fsp3) is 0.333. The van der Waals surface area contributed by atoms with Crippen LogP contribution in [0.3, 0.4) is 0 Å². The van der Waals surface area contributed by atoms with E-state index in [2.05, 4.69) is 29.1 Å². The normalized spacial score (nSPS) is 19.8. The predicted octanol–water partition coefficient (Wildman–Crippen LogP) is 3.01. The molecule has 0 saturated carbocycles. The molecule has 3 heterocycles. The highest BCUT2D eigenvalue weighted by Gasteiger charge is 2.32. The summed E-state index contributed by atoms with van der Waals surface area (Å²) in [6, 6.07) is 7.98. The number of aliphatic hydroxyl groups is 1. The molecule has 1 aromatic rings. The third kappa shape index (κ3) is 2.99. The highest BCUT2D eigenvalue weighted by molar-refractivity contribution is 6.02. The van der Waals surface area contributed by atoms with Crippen LogP contribution in [0.4, 0.5) is 0 Å². The van der Waals surface area contributed by atoms with E-state index in [0.717, 1.165) is 53.3 Å². The SMILES string of the molecule is CC(C)CC(O)c1ccc(C2=NC=C3C=CC(=O)NC4=C3N2CC4)cc1. The molecule has 0 fully saturated rings. The van der Waals surface area contributed by atoms with E-state index < -0.39 is 6.10 Å². The van der Waals surface area contributed by atoms with Crippen molar-refractivity contribution in [3.05, 3.63) is 70.7 Å². The van der Waals surface area contributed by atoms with Gasteiger partial charge >= 0.3 is 0 Å². The van der Waals surface area contributed by atoms with Gasteiger partial charge in [0.05, 0.1) is 11.8 Å². The van der Waals surface area contributed by atoms with Crippen LogP contribution >= 0.6 is 0 Å². The maximum atomic E-state index is 11.8. The number of nitrogens with zero attached hydrogens (tertiary/aromatic N) is 2. The molecule has 3 aliphatic rings. The molecule has 0 saturated heterocycles. The van der Waals surface area contributed by atoms with E-state index in [1.54, 1.807) is 6.08 Å². The molecule has 5 nitrogen and oxygen atoms in total. The van der Waals surface area contributed by atoms with Gasteiger partial charge in [-0.1, -0.05) is 38.1 Å². The van der Waals surface area contributed by atoms with Gasteiger partial charge in [-0.2, -0.15) is 0 Å². The highest BCUT2D eigenvalue weighted by Crippen LogP contribution is 2.34. The first-order valence-electron chi connectivity index (χ1n) is 9.09. The number of hydrogen-bond donors (Lipinski definition) is 2.